The van der Waals surface area contributed by atoms with Crippen LogP contribution < -0.4 is 5.32 Å². The topological polar surface area (TPSA) is 66.0 Å². The SMILES string of the molecule is CO[Si](CCCNC(=O)OCC(F)(F)C(F)(F)C(F)(F)C(F)(F)C(F)(F)F)(OC)OC. The summed E-state index contributed by atoms with van der Waals surface area (Å²) in [5, 5.41) is 1.75. The van der Waals surface area contributed by atoms with Gasteiger partial charge in [0.15, 0.2) is 6.61 Å². The second-order valence-corrected chi connectivity index (χ2v) is 8.92. The summed E-state index contributed by atoms with van der Waals surface area (Å²) in [5.74, 6) is -28.6. The highest BCUT2D eigenvalue weighted by molar-refractivity contribution is 6.60. The molecule has 0 aromatic heterocycles. The second-order valence-electron chi connectivity index (χ2n) is 5.83. The van der Waals surface area contributed by atoms with Crippen LogP contribution in [0, 0.1) is 0 Å². The van der Waals surface area contributed by atoms with Gasteiger partial charge in [-0.25, -0.2) is 4.79 Å². The van der Waals surface area contributed by atoms with Crippen LogP contribution in [0.1, 0.15) is 6.42 Å². The molecule has 0 unspecified atom stereocenters. The number of amides is 1. The Bertz CT molecular complexity index is 591. The molecule has 0 rings (SSSR count). The van der Waals surface area contributed by atoms with Gasteiger partial charge in [-0.15, -0.1) is 0 Å². The number of halogens is 11. The van der Waals surface area contributed by atoms with E-state index in [4.69, 9.17) is 13.3 Å². The Morgan fingerprint density at radius 3 is 1.61 bits per heavy atom. The van der Waals surface area contributed by atoms with Crippen LogP contribution >= 0.6 is 0 Å². The van der Waals surface area contributed by atoms with Crippen LogP contribution in [0.4, 0.5) is 53.1 Å². The van der Waals surface area contributed by atoms with E-state index >= 15 is 0 Å². The van der Waals surface area contributed by atoms with E-state index in [2.05, 4.69) is 4.74 Å². The van der Waals surface area contributed by atoms with Crippen LogP contribution in [-0.4, -0.2) is 79.2 Å². The van der Waals surface area contributed by atoms with Gasteiger partial charge in [-0.05, 0) is 6.42 Å². The number of alkyl halides is 11. The Labute approximate surface area is 169 Å². The maximum atomic E-state index is 13.4. The molecule has 0 aliphatic heterocycles. The fourth-order valence-corrected chi connectivity index (χ4v) is 3.68. The molecule has 186 valence electrons. The maximum Gasteiger partial charge on any atom is 0.500 e. The van der Waals surface area contributed by atoms with E-state index < -0.39 is 51.4 Å². The summed E-state index contributed by atoms with van der Waals surface area (Å²) in [6.45, 7) is -3.28. The summed E-state index contributed by atoms with van der Waals surface area (Å²) >= 11 is 0. The standard InChI is InChI=1S/C13H18F11NO5Si/c1-27-31(28-2,29-3)6-4-5-25-8(26)30-7-9(14,15)10(16,17)11(18,19)12(20,21)13(22,23)24/h4-7H2,1-3H3,(H,25,26). The molecule has 0 aromatic carbocycles. The lowest BCUT2D eigenvalue weighted by atomic mass is 9.98. The van der Waals surface area contributed by atoms with Crippen LogP contribution in [0.25, 0.3) is 0 Å². The van der Waals surface area contributed by atoms with Crippen LogP contribution in [0.15, 0.2) is 0 Å². The van der Waals surface area contributed by atoms with Crippen molar-refractivity contribution in [2.45, 2.75) is 42.3 Å². The van der Waals surface area contributed by atoms with Crippen molar-refractivity contribution in [1.82, 2.24) is 5.32 Å². The second kappa shape index (κ2) is 10.0. The van der Waals surface area contributed by atoms with Gasteiger partial charge < -0.3 is 23.3 Å². The molecule has 0 saturated carbocycles. The van der Waals surface area contributed by atoms with Gasteiger partial charge in [0.05, 0.1) is 0 Å². The normalized spacial score (nSPS) is 14.5. The molecule has 0 aliphatic rings. The van der Waals surface area contributed by atoms with Crippen LogP contribution in [0.5, 0.6) is 0 Å². The molecule has 0 atom stereocenters. The molecule has 6 nitrogen and oxygen atoms in total. The lowest BCUT2D eigenvalue weighted by Gasteiger charge is -2.36. The fraction of sp³-hybridized carbons (Fsp3) is 0.923. The van der Waals surface area contributed by atoms with Gasteiger partial charge in [-0.2, -0.15) is 48.3 Å². The quantitative estimate of drug-likeness (QED) is 0.246. The predicted octanol–water partition coefficient (Wildman–Crippen LogP) is 4.08. The van der Waals surface area contributed by atoms with Crippen molar-refractivity contribution in [2.75, 3.05) is 34.5 Å². The Morgan fingerprint density at radius 2 is 1.23 bits per heavy atom. The summed E-state index contributed by atoms with van der Waals surface area (Å²) in [7, 11) is 0.679. The van der Waals surface area contributed by atoms with Gasteiger partial charge in [0.1, 0.15) is 0 Å². The first-order valence-electron chi connectivity index (χ1n) is 7.92. The first kappa shape index (κ1) is 29.6. The minimum atomic E-state index is -7.56. The van der Waals surface area contributed by atoms with Gasteiger partial charge in [0, 0.05) is 33.9 Å². The van der Waals surface area contributed by atoms with Crippen LogP contribution in [-0.2, 0) is 18.0 Å². The van der Waals surface area contributed by atoms with Crippen molar-refractivity contribution in [1.29, 1.82) is 0 Å². The van der Waals surface area contributed by atoms with Crippen molar-refractivity contribution >= 4 is 14.9 Å². The maximum absolute atomic E-state index is 13.4. The summed E-state index contributed by atoms with van der Waals surface area (Å²) in [6.07, 6.45) is -9.11. The Morgan fingerprint density at radius 1 is 0.774 bits per heavy atom. The number of hydrogen-bond donors (Lipinski definition) is 1. The molecule has 18 heteroatoms. The van der Waals surface area contributed by atoms with Gasteiger partial charge >= 0.3 is 44.8 Å². The molecule has 0 aliphatic carbocycles. The number of hydrogen-bond acceptors (Lipinski definition) is 5. The average molecular weight is 505 g/mol. The van der Waals surface area contributed by atoms with Gasteiger partial charge in [0.2, 0.25) is 0 Å². The van der Waals surface area contributed by atoms with Crippen molar-refractivity contribution in [2.24, 2.45) is 0 Å². The van der Waals surface area contributed by atoms with E-state index in [1.807, 2.05) is 0 Å². The number of carbonyl (C=O) groups excluding carboxylic acids is 1. The highest BCUT2D eigenvalue weighted by Gasteiger charge is 2.87. The third-order valence-corrected chi connectivity index (χ3v) is 6.68. The van der Waals surface area contributed by atoms with E-state index in [9.17, 15) is 53.1 Å². The van der Waals surface area contributed by atoms with Crippen molar-refractivity contribution in [3.8, 4) is 0 Å². The molecular weight excluding hydrogens is 487 g/mol. The summed E-state index contributed by atoms with van der Waals surface area (Å²) in [5.41, 5.74) is 0. The van der Waals surface area contributed by atoms with Gasteiger partial charge in [-0.3, -0.25) is 0 Å². The zero-order valence-electron chi connectivity index (χ0n) is 16.0. The van der Waals surface area contributed by atoms with Crippen LogP contribution in [0.3, 0.4) is 0 Å². The molecule has 0 bridgehead atoms. The lowest BCUT2D eigenvalue weighted by molar-refractivity contribution is -0.423. The molecule has 0 aromatic rings. The highest BCUT2D eigenvalue weighted by atomic mass is 28.4. The molecule has 0 heterocycles. The Kier molecular flexibility index (Phi) is 9.58. The third-order valence-electron chi connectivity index (χ3n) is 3.85. The molecule has 0 radical (unpaired) electrons. The highest BCUT2D eigenvalue weighted by Crippen LogP contribution is 2.57. The van der Waals surface area contributed by atoms with E-state index in [0.717, 1.165) is 0 Å². The molecule has 0 saturated heterocycles. The summed E-state index contributed by atoms with van der Waals surface area (Å²) < 4.78 is 159. The number of nitrogens with one attached hydrogen (secondary N) is 1. The van der Waals surface area contributed by atoms with Crippen molar-refractivity contribution < 1.29 is 71.1 Å². The van der Waals surface area contributed by atoms with E-state index in [-0.39, 0.29) is 19.0 Å². The molecule has 0 fully saturated rings. The van der Waals surface area contributed by atoms with Crippen LogP contribution in [0.2, 0.25) is 6.04 Å². The minimum absolute atomic E-state index is 0.0132. The minimum Gasteiger partial charge on any atom is -0.443 e. The van der Waals surface area contributed by atoms with E-state index in [0.29, 0.717) is 0 Å². The molecule has 1 amide bonds. The van der Waals surface area contributed by atoms with Crippen molar-refractivity contribution in [3.05, 3.63) is 0 Å². The van der Waals surface area contributed by atoms with E-state index in [1.54, 1.807) is 5.32 Å². The molecule has 31 heavy (non-hydrogen) atoms. The zero-order valence-corrected chi connectivity index (χ0v) is 17.0. The number of ether oxygens (including phenoxy) is 1. The smallest absolute Gasteiger partial charge is 0.443 e. The molecule has 0 spiro atoms. The molecular formula is C13H18F11NO5Si. The van der Waals surface area contributed by atoms with Crippen molar-refractivity contribution in [3.63, 3.8) is 0 Å². The summed E-state index contributed by atoms with van der Waals surface area (Å²) in [6, 6.07) is 0.0732. The fourth-order valence-electron chi connectivity index (χ4n) is 1.95. The molecule has 1 N–H and O–H groups in total. The third kappa shape index (κ3) is 6.10. The summed E-state index contributed by atoms with van der Waals surface area (Å²) in [4.78, 5) is 11.2. The Balaban J connectivity index is 5.01. The lowest BCUT2D eigenvalue weighted by Crippen LogP contribution is -2.67. The van der Waals surface area contributed by atoms with Gasteiger partial charge in [-0.1, -0.05) is 0 Å². The first-order chi connectivity index (χ1) is 13.8. The monoisotopic (exact) mass is 505 g/mol. The predicted molar refractivity (Wildman–Crippen MR) is 81.4 cm³/mol. The first-order valence-corrected chi connectivity index (χ1v) is 9.86. The number of rotatable bonds is 12. The average Bonchev–Trinajstić information content (AvgIpc) is 2.65. The largest absolute Gasteiger partial charge is 0.500 e. The Hall–Kier alpha value is -1.40. The number of alkyl carbamates (subject to hydrolysis) is 1. The van der Waals surface area contributed by atoms with Gasteiger partial charge in [0.25, 0.3) is 0 Å². The number of carbonyl (C=O) groups is 1. The zero-order chi connectivity index (χ0) is 24.9. The van der Waals surface area contributed by atoms with E-state index in [1.165, 1.54) is 21.3 Å².